The number of rotatable bonds is 2. The number of nitrogens with one attached hydrogen (secondary N) is 1. The van der Waals surface area contributed by atoms with Crippen LogP contribution in [0.15, 0.2) is 0 Å². The van der Waals surface area contributed by atoms with Crippen molar-refractivity contribution < 1.29 is 4.79 Å². The monoisotopic (exact) mass is 210 g/mol. The Balaban J connectivity index is 0. The largest absolute Gasteiger partial charge is 0.353 e. The quantitative estimate of drug-likeness (QED) is 0.696. The van der Waals surface area contributed by atoms with Crippen LogP contribution < -0.4 is 11.1 Å². The van der Waals surface area contributed by atoms with E-state index in [1.165, 1.54) is 0 Å². The second-order valence-corrected chi connectivity index (χ2v) is 2.45. The summed E-state index contributed by atoms with van der Waals surface area (Å²) in [4.78, 5) is 10.7. The van der Waals surface area contributed by atoms with E-state index in [-0.39, 0.29) is 28.9 Å². The van der Waals surface area contributed by atoms with Gasteiger partial charge in [-0.15, -0.1) is 17.0 Å². The molecule has 62 valence electrons. The van der Waals surface area contributed by atoms with Crippen LogP contribution in [0.1, 0.15) is 20.8 Å². The SMILES string of the molecule is Br.CC(C)NC(=O)[C@H](C)N. The van der Waals surface area contributed by atoms with E-state index in [9.17, 15) is 4.79 Å². The van der Waals surface area contributed by atoms with Crippen LogP contribution in [0.4, 0.5) is 0 Å². The topological polar surface area (TPSA) is 55.1 Å². The van der Waals surface area contributed by atoms with Gasteiger partial charge in [-0.3, -0.25) is 4.79 Å². The van der Waals surface area contributed by atoms with Gasteiger partial charge >= 0.3 is 0 Å². The number of hydrogen-bond acceptors (Lipinski definition) is 2. The van der Waals surface area contributed by atoms with Crippen molar-refractivity contribution in [1.82, 2.24) is 5.32 Å². The Morgan fingerprint density at radius 2 is 1.80 bits per heavy atom. The summed E-state index contributed by atoms with van der Waals surface area (Å²) < 4.78 is 0. The second-order valence-electron chi connectivity index (χ2n) is 2.45. The molecule has 0 aliphatic rings. The highest BCUT2D eigenvalue weighted by atomic mass is 79.9. The van der Waals surface area contributed by atoms with Gasteiger partial charge in [0.2, 0.25) is 5.91 Å². The van der Waals surface area contributed by atoms with E-state index < -0.39 is 6.04 Å². The summed E-state index contributed by atoms with van der Waals surface area (Å²) in [6.07, 6.45) is 0. The molecule has 0 spiro atoms. The van der Waals surface area contributed by atoms with Crippen LogP contribution in [0.3, 0.4) is 0 Å². The second kappa shape index (κ2) is 5.68. The van der Waals surface area contributed by atoms with E-state index in [2.05, 4.69) is 5.32 Å². The first-order chi connectivity index (χ1) is 4.04. The van der Waals surface area contributed by atoms with Crippen molar-refractivity contribution >= 4 is 22.9 Å². The molecule has 0 bridgehead atoms. The van der Waals surface area contributed by atoms with E-state index in [0.29, 0.717) is 0 Å². The molecule has 4 heteroatoms. The molecule has 3 N–H and O–H groups in total. The predicted octanol–water partition coefficient (Wildman–Crippen LogP) is 0.436. The molecule has 0 saturated carbocycles. The number of nitrogens with two attached hydrogens (primary N) is 1. The molecule has 0 heterocycles. The molecule has 0 saturated heterocycles. The van der Waals surface area contributed by atoms with Gasteiger partial charge in [-0.05, 0) is 20.8 Å². The normalized spacial score (nSPS) is 12.1. The lowest BCUT2D eigenvalue weighted by Gasteiger charge is -2.09. The lowest BCUT2D eigenvalue weighted by Crippen LogP contribution is -2.41. The van der Waals surface area contributed by atoms with Crippen LogP contribution in [0, 0.1) is 0 Å². The highest BCUT2D eigenvalue weighted by Gasteiger charge is 2.06. The zero-order chi connectivity index (χ0) is 7.44. The fourth-order valence-electron chi connectivity index (χ4n) is 0.416. The first-order valence-corrected chi connectivity index (χ1v) is 3.10. The van der Waals surface area contributed by atoms with Gasteiger partial charge < -0.3 is 11.1 Å². The highest BCUT2D eigenvalue weighted by Crippen LogP contribution is 1.79. The Hall–Kier alpha value is -0.0900. The van der Waals surface area contributed by atoms with Crippen molar-refractivity contribution in [2.24, 2.45) is 5.73 Å². The van der Waals surface area contributed by atoms with Gasteiger partial charge in [-0.2, -0.15) is 0 Å². The third-order valence-corrected chi connectivity index (χ3v) is 0.844. The lowest BCUT2D eigenvalue weighted by molar-refractivity contribution is -0.122. The van der Waals surface area contributed by atoms with Gasteiger partial charge in [-0.25, -0.2) is 0 Å². The number of carbonyl (C=O) groups is 1. The first-order valence-electron chi connectivity index (χ1n) is 3.10. The number of halogens is 1. The highest BCUT2D eigenvalue weighted by molar-refractivity contribution is 8.93. The van der Waals surface area contributed by atoms with Crippen LogP contribution in [0.2, 0.25) is 0 Å². The minimum absolute atomic E-state index is 0. The number of hydrogen-bond donors (Lipinski definition) is 2. The Morgan fingerprint density at radius 1 is 1.40 bits per heavy atom. The minimum Gasteiger partial charge on any atom is -0.353 e. The molecule has 0 aliphatic carbocycles. The maximum atomic E-state index is 10.7. The van der Waals surface area contributed by atoms with E-state index in [0.717, 1.165) is 0 Å². The van der Waals surface area contributed by atoms with E-state index in [1.54, 1.807) is 6.92 Å². The standard InChI is InChI=1S/C6H14N2O.BrH/c1-4(2)8-6(9)5(3)7;/h4-5H,7H2,1-3H3,(H,8,9);1H/t5-;/m0./s1. The summed E-state index contributed by atoms with van der Waals surface area (Å²) in [6, 6.07) is -0.212. The Bertz CT molecular complexity index is 104. The molecule has 0 aromatic heterocycles. The zero-order valence-corrected chi connectivity index (χ0v) is 8.26. The molecule has 0 unspecified atom stereocenters. The van der Waals surface area contributed by atoms with Crippen molar-refractivity contribution in [3.8, 4) is 0 Å². The Kier molecular flexibility index (Phi) is 7.14. The fraction of sp³-hybridized carbons (Fsp3) is 0.833. The smallest absolute Gasteiger partial charge is 0.236 e. The Labute approximate surface area is 72.1 Å². The van der Waals surface area contributed by atoms with Crippen molar-refractivity contribution in [2.75, 3.05) is 0 Å². The molecule has 0 fully saturated rings. The van der Waals surface area contributed by atoms with Gasteiger partial charge in [0.25, 0.3) is 0 Å². The summed E-state index contributed by atoms with van der Waals surface area (Å²) in [6.45, 7) is 5.47. The van der Waals surface area contributed by atoms with Crippen molar-refractivity contribution in [3.63, 3.8) is 0 Å². The summed E-state index contributed by atoms with van der Waals surface area (Å²) >= 11 is 0. The van der Waals surface area contributed by atoms with Gasteiger partial charge in [0.15, 0.2) is 0 Å². The molecule has 1 amide bonds. The average molecular weight is 211 g/mol. The van der Waals surface area contributed by atoms with E-state index in [4.69, 9.17) is 5.73 Å². The molecule has 0 aliphatic heterocycles. The average Bonchev–Trinajstić information content (AvgIpc) is 1.63. The van der Waals surface area contributed by atoms with Gasteiger partial charge in [0.1, 0.15) is 0 Å². The molecular formula is C6H15BrN2O. The van der Waals surface area contributed by atoms with Crippen LogP contribution in [-0.4, -0.2) is 18.0 Å². The maximum Gasteiger partial charge on any atom is 0.236 e. The summed E-state index contributed by atoms with van der Waals surface area (Å²) in [5.74, 6) is -0.0926. The van der Waals surface area contributed by atoms with Crippen LogP contribution in [-0.2, 0) is 4.79 Å². The lowest BCUT2D eigenvalue weighted by atomic mass is 10.3. The third kappa shape index (κ3) is 6.04. The van der Waals surface area contributed by atoms with E-state index in [1.807, 2.05) is 13.8 Å². The molecule has 3 nitrogen and oxygen atoms in total. The van der Waals surface area contributed by atoms with Crippen LogP contribution >= 0.6 is 17.0 Å². The van der Waals surface area contributed by atoms with Crippen molar-refractivity contribution in [2.45, 2.75) is 32.9 Å². The number of amides is 1. The van der Waals surface area contributed by atoms with E-state index >= 15 is 0 Å². The molecular weight excluding hydrogens is 196 g/mol. The van der Waals surface area contributed by atoms with Gasteiger partial charge in [-0.1, -0.05) is 0 Å². The van der Waals surface area contributed by atoms with Crippen LogP contribution in [0.5, 0.6) is 0 Å². The molecule has 1 atom stereocenters. The maximum absolute atomic E-state index is 10.7. The zero-order valence-electron chi connectivity index (χ0n) is 6.55. The van der Waals surface area contributed by atoms with Gasteiger partial charge in [0.05, 0.1) is 6.04 Å². The summed E-state index contributed by atoms with van der Waals surface area (Å²) in [5.41, 5.74) is 5.27. The molecule has 10 heavy (non-hydrogen) atoms. The fourth-order valence-corrected chi connectivity index (χ4v) is 0.416. The number of carbonyl (C=O) groups excluding carboxylic acids is 1. The van der Waals surface area contributed by atoms with Crippen molar-refractivity contribution in [3.05, 3.63) is 0 Å². The van der Waals surface area contributed by atoms with Gasteiger partial charge in [0, 0.05) is 6.04 Å². The third-order valence-electron chi connectivity index (χ3n) is 0.844. The molecule has 0 aromatic rings. The molecule has 0 aromatic carbocycles. The molecule has 0 radical (unpaired) electrons. The Morgan fingerprint density at radius 3 is 1.90 bits per heavy atom. The predicted molar refractivity (Wildman–Crippen MR) is 47.3 cm³/mol. The first kappa shape index (κ1) is 12.6. The summed E-state index contributed by atoms with van der Waals surface area (Å²) in [7, 11) is 0. The van der Waals surface area contributed by atoms with Crippen LogP contribution in [0.25, 0.3) is 0 Å². The summed E-state index contributed by atoms with van der Waals surface area (Å²) in [5, 5.41) is 2.68. The van der Waals surface area contributed by atoms with Crippen molar-refractivity contribution in [1.29, 1.82) is 0 Å². The molecule has 0 rings (SSSR count). The minimum atomic E-state index is -0.396.